The van der Waals surface area contributed by atoms with Gasteiger partial charge in [0, 0.05) is 19.4 Å². The van der Waals surface area contributed by atoms with Crippen molar-refractivity contribution >= 4 is 32.3 Å². The van der Waals surface area contributed by atoms with Crippen molar-refractivity contribution in [3.05, 3.63) is 51.8 Å². The summed E-state index contributed by atoms with van der Waals surface area (Å²) in [5.41, 5.74) is 2.08. The maximum Gasteiger partial charge on any atom is 0.259 e. The number of nitrogens with zero attached hydrogens (tertiary/aromatic N) is 2. The maximum atomic E-state index is 12.8. The highest BCUT2D eigenvalue weighted by Gasteiger charge is 2.15. The molecular formula is C23H23N3O3S. The number of aromatic nitrogens is 3. The molecule has 7 heteroatoms. The number of hydrogen-bond acceptors (Lipinski definition) is 6. The van der Waals surface area contributed by atoms with Gasteiger partial charge in [-0.2, -0.15) is 0 Å². The second kappa shape index (κ2) is 8.16. The Morgan fingerprint density at radius 1 is 1.27 bits per heavy atom. The zero-order valence-corrected chi connectivity index (χ0v) is 17.6. The van der Waals surface area contributed by atoms with Gasteiger partial charge in [-0.1, -0.05) is 0 Å². The minimum Gasteiger partial charge on any atom is -0.494 e. The number of nitrogens with one attached hydrogen (secondary N) is 1. The number of hydrogen-bond donors (Lipinski definition) is 1. The average Bonchev–Trinajstić information content (AvgIpc) is 3.23. The molecular weight excluding hydrogens is 398 g/mol. The monoisotopic (exact) mass is 421 g/mol. The van der Waals surface area contributed by atoms with Crippen molar-refractivity contribution in [3.63, 3.8) is 0 Å². The van der Waals surface area contributed by atoms with Gasteiger partial charge in [-0.15, -0.1) is 11.3 Å². The van der Waals surface area contributed by atoms with E-state index < -0.39 is 0 Å². The molecule has 5 rings (SSSR count). The molecule has 1 aromatic carbocycles. The third kappa shape index (κ3) is 3.82. The number of pyridine rings is 1. The number of aromatic amines is 1. The molecule has 0 bridgehead atoms. The lowest BCUT2D eigenvalue weighted by Gasteiger charge is -2.21. The molecule has 30 heavy (non-hydrogen) atoms. The Morgan fingerprint density at radius 2 is 2.13 bits per heavy atom. The van der Waals surface area contributed by atoms with Crippen molar-refractivity contribution < 1.29 is 9.47 Å². The van der Waals surface area contributed by atoms with E-state index in [4.69, 9.17) is 14.5 Å². The van der Waals surface area contributed by atoms with Gasteiger partial charge in [0.2, 0.25) is 0 Å². The van der Waals surface area contributed by atoms with Crippen LogP contribution >= 0.6 is 11.3 Å². The Labute approximate surface area is 177 Å². The van der Waals surface area contributed by atoms with Crippen LogP contribution < -0.4 is 10.3 Å². The number of benzene rings is 1. The lowest BCUT2D eigenvalue weighted by molar-refractivity contribution is 0.0593. The minimum atomic E-state index is -0.180. The fourth-order valence-electron chi connectivity index (χ4n) is 3.96. The number of thiophene rings is 1. The fraction of sp³-hybridized carbons (Fsp3) is 0.348. The molecule has 0 saturated carbocycles. The van der Waals surface area contributed by atoms with E-state index in [-0.39, 0.29) is 5.56 Å². The molecule has 4 aromatic rings. The van der Waals surface area contributed by atoms with Crippen LogP contribution in [-0.4, -0.2) is 34.8 Å². The Hall–Kier alpha value is -2.77. The maximum absolute atomic E-state index is 12.8. The van der Waals surface area contributed by atoms with Crippen LogP contribution in [0.1, 0.15) is 24.8 Å². The van der Waals surface area contributed by atoms with Gasteiger partial charge >= 0.3 is 0 Å². The van der Waals surface area contributed by atoms with Gasteiger partial charge in [-0.3, -0.25) is 9.78 Å². The summed E-state index contributed by atoms with van der Waals surface area (Å²) in [7, 11) is 0. The summed E-state index contributed by atoms with van der Waals surface area (Å²) in [6.45, 7) is 4.29. The topological polar surface area (TPSA) is 77.1 Å². The van der Waals surface area contributed by atoms with Crippen LogP contribution in [0.2, 0.25) is 0 Å². The number of ether oxygens (including phenoxy) is 2. The first-order valence-electron chi connectivity index (χ1n) is 10.3. The van der Waals surface area contributed by atoms with Crippen molar-refractivity contribution in [1.82, 2.24) is 15.0 Å². The number of aryl methyl sites for hydroxylation is 1. The molecule has 1 fully saturated rings. The highest BCUT2D eigenvalue weighted by Crippen LogP contribution is 2.26. The van der Waals surface area contributed by atoms with Crippen LogP contribution in [0.5, 0.6) is 5.75 Å². The van der Waals surface area contributed by atoms with Crippen molar-refractivity contribution in [2.75, 3.05) is 19.8 Å². The average molecular weight is 422 g/mol. The SMILES string of the molecule is Cc1cc(OCCC2CCOCC2)cc2c(=O)[nH]c(-c3cc4ccsc4cn3)nc12. The van der Waals surface area contributed by atoms with E-state index in [2.05, 4.69) is 9.97 Å². The normalized spacial score (nSPS) is 15.1. The molecule has 0 spiro atoms. The van der Waals surface area contributed by atoms with Crippen LogP contribution in [-0.2, 0) is 4.74 Å². The van der Waals surface area contributed by atoms with Crippen molar-refractivity contribution in [3.8, 4) is 17.3 Å². The van der Waals surface area contributed by atoms with Crippen LogP contribution in [0.4, 0.5) is 0 Å². The first-order chi connectivity index (χ1) is 14.7. The number of rotatable bonds is 5. The quantitative estimate of drug-likeness (QED) is 0.505. The predicted molar refractivity (Wildman–Crippen MR) is 119 cm³/mol. The van der Waals surface area contributed by atoms with Gasteiger partial charge in [0.1, 0.15) is 11.4 Å². The molecule has 0 radical (unpaired) electrons. The van der Waals surface area contributed by atoms with Crippen molar-refractivity contribution in [1.29, 1.82) is 0 Å². The predicted octanol–water partition coefficient (Wildman–Crippen LogP) is 4.70. The Kier molecular flexibility index (Phi) is 5.23. The van der Waals surface area contributed by atoms with Gasteiger partial charge in [0.15, 0.2) is 5.82 Å². The van der Waals surface area contributed by atoms with E-state index in [1.807, 2.05) is 36.7 Å². The van der Waals surface area contributed by atoms with Gasteiger partial charge in [0.05, 0.1) is 22.2 Å². The van der Waals surface area contributed by atoms with Crippen LogP contribution in [0, 0.1) is 12.8 Å². The summed E-state index contributed by atoms with van der Waals surface area (Å²) in [4.78, 5) is 24.9. The smallest absolute Gasteiger partial charge is 0.259 e. The number of H-pyrrole nitrogens is 1. The van der Waals surface area contributed by atoms with E-state index in [0.717, 1.165) is 48.1 Å². The van der Waals surface area contributed by atoms with E-state index in [0.29, 0.717) is 40.7 Å². The molecule has 6 nitrogen and oxygen atoms in total. The molecule has 1 aliphatic heterocycles. The molecule has 0 aliphatic carbocycles. The first-order valence-corrected chi connectivity index (χ1v) is 11.1. The molecule has 0 amide bonds. The lowest BCUT2D eigenvalue weighted by Crippen LogP contribution is -2.18. The lowest BCUT2D eigenvalue weighted by atomic mass is 9.97. The molecule has 1 saturated heterocycles. The Morgan fingerprint density at radius 3 is 3.00 bits per heavy atom. The summed E-state index contributed by atoms with van der Waals surface area (Å²) < 4.78 is 12.5. The Bertz CT molecular complexity index is 1260. The third-order valence-corrected chi connectivity index (χ3v) is 6.56. The summed E-state index contributed by atoms with van der Waals surface area (Å²) in [5.74, 6) is 1.85. The third-order valence-electron chi connectivity index (χ3n) is 5.69. The standard InChI is InChI=1S/C23H23N3O3S/c1-14-10-17(29-8-4-15-2-6-28-7-3-15)12-18-21(14)25-22(26-23(18)27)19-11-16-5-9-30-20(16)13-24-19/h5,9-13,15H,2-4,6-8H2,1H3,(H,25,26,27). The summed E-state index contributed by atoms with van der Waals surface area (Å²) in [6, 6.07) is 7.74. The highest BCUT2D eigenvalue weighted by molar-refractivity contribution is 7.17. The van der Waals surface area contributed by atoms with E-state index in [9.17, 15) is 4.79 Å². The summed E-state index contributed by atoms with van der Waals surface area (Å²) >= 11 is 1.64. The van der Waals surface area contributed by atoms with E-state index in [1.54, 1.807) is 17.4 Å². The Balaban J connectivity index is 1.41. The minimum absolute atomic E-state index is 0.180. The molecule has 1 aliphatic rings. The molecule has 3 aromatic heterocycles. The molecule has 0 unspecified atom stereocenters. The first kappa shape index (κ1) is 19.2. The fourth-order valence-corrected chi connectivity index (χ4v) is 4.70. The van der Waals surface area contributed by atoms with Crippen LogP contribution in [0.15, 0.2) is 40.6 Å². The van der Waals surface area contributed by atoms with Crippen molar-refractivity contribution in [2.24, 2.45) is 5.92 Å². The largest absolute Gasteiger partial charge is 0.494 e. The molecule has 0 atom stereocenters. The van der Waals surface area contributed by atoms with Crippen molar-refractivity contribution in [2.45, 2.75) is 26.2 Å². The summed E-state index contributed by atoms with van der Waals surface area (Å²) in [6.07, 6.45) is 5.02. The highest BCUT2D eigenvalue weighted by atomic mass is 32.1. The molecule has 154 valence electrons. The van der Waals surface area contributed by atoms with E-state index in [1.165, 1.54) is 0 Å². The second-order valence-electron chi connectivity index (χ2n) is 7.77. The van der Waals surface area contributed by atoms with Gasteiger partial charge < -0.3 is 14.5 Å². The van der Waals surface area contributed by atoms with Gasteiger partial charge in [0.25, 0.3) is 5.56 Å². The number of fused-ring (bicyclic) bond motifs is 2. The van der Waals surface area contributed by atoms with Gasteiger partial charge in [-0.05, 0) is 72.7 Å². The molecule has 1 N–H and O–H groups in total. The van der Waals surface area contributed by atoms with E-state index >= 15 is 0 Å². The molecule has 4 heterocycles. The zero-order chi connectivity index (χ0) is 20.5. The summed E-state index contributed by atoms with van der Waals surface area (Å²) in [5, 5.41) is 3.66. The van der Waals surface area contributed by atoms with Crippen LogP contribution in [0.3, 0.4) is 0 Å². The second-order valence-corrected chi connectivity index (χ2v) is 8.72. The van der Waals surface area contributed by atoms with Crippen LogP contribution in [0.25, 0.3) is 32.5 Å². The zero-order valence-electron chi connectivity index (χ0n) is 16.8. The van der Waals surface area contributed by atoms with Gasteiger partial charge in [-0.25, -0.2) is 4.98 Å².